The molecule has 2 aromatic carbocycles. The minimum Gasteiger partial charge on any atom is -0.496 e. The van der Waals surface area contributed by atoms with E-state index in [1.54, 1.807) is 7.11 Å². The van der Waals surface area contributed by atoms with Gasteiger partial charge in [0.2, 0.25) is 5.69 Å². The first kappa shape index (κ1) is 29.9. The number of likely N-dealkylation sites (N-methyl/N-ethyl adjacent to an activating group) is 1. The molecule has 0 aromatic heterocycles. The van der Waals surface area contributed by atoms with Crippen LogP contribution < -0.4 is 23.5 Å². The van der Waals surface area contributed by atoms with Crippen molar-refractivity contribution in [1.82, 2.24) is 0 Å². The number of halogens is 1. The second-order valence-corrected chi connectivity index (χ2v) is 12.6. The highest BCUT2D eigenvalue weighted by atomic mass is 35.7. The van der Waals surface area contributed by atoms with Crippen molar-refractivity contribution < 1.29 is 40.9 Å². The topological polar surface area (TPSA) is 108 Å². The summed E-state index contributed by atoms with van der Waals surface area (Å²) in [7, 11) is -3.22. The van der Waals surface area contributed by atoms with Crippen molar-refractivity contribution in [2.24, 2.45) is 0 Å². The summed E-state index contributed by atoms with van der Waals surface area (Å²) >= 11 is 0. The van der Waals surface area contributed by atoms with Crippen LogP contribution in [0.25, 0.3) is 0 Å². The van der Waals surface area contributed by atoms with Gasteiger partial charge in [-0.3, -0.25) is 0 Å². The molecule has 2 heterocycles. The van der Waals surface area contributed by atoms with Crippen LogP contribution in [0.4, 0.5) is 11.4 Å². The largest absolute Gasteiger partial charge is 0.496 e. The van der Waals surface area contributed by atoms with E-state index in [4.69, 9.17) is 23.4 Å². The van der Waals surface area contributed by atoms with E-state index >= 15 is 0 Å². The number of para-hydroxylation sites is 2. The normalized spacial score (nSPS) is 22.1. The number of hydrogen-bond donors (Lipinski definition) is 0. The number of methoxy groups -OCH3 is 1. The van der Waals surface area contributed by atoms with E-state index in [2.05, 4.69) is 99.5 Å². The Balaban J connectivity index is 0.000000854. The van der Waals surface area contributed by atoms with Crippen LogP contribution >= 0.6 is 0 Å². The van der Waals surface area contributed by atoms with E-state index in [0.717, 1.165) is 60.7 Å². The van der Waals surface area contributed by atoms with Crippen LogP contribution in [-0.2, 0) is 15.6 Å². The van der Waals surface area contributed by atoms with Crippen molar-refractivity contribution in [3.05, 3.63) is 107 Å². The zero-order chi connectivity index (χ0) is 33.3. The highest BCUT2D eigenvalue weighted by Gasteiger charge is 2.43. The van der Waals surface area contributed by atoms with Crippen molar-refractivity contribution in [2.75, 3.05) is 25.1 Å². The van der Waals surface area contributed by atoms with E-state index in [9.17, 15) is 2.74 Å². The van der Waals surface area contributed by atoms with E-state index < -0.39 is 10.2 Å². The quantitative estimate of drug-likeness (QED) is 0.464. The Morgan fingerprint density at radius 3 is 2.21 bits per heavy atom. The molecule has 2 aromatic rings. The first-order chi connectivity index (χ1) is 21.1. The summed E-state index contributed by atoms with van der Waals surface area (Å²) in [5, 5.41) is 0. The lowest BCUT2D eigenvalue weighted by Gasteiger charge is -2.26. The fourth-order valence-electron chi connectivity index (χ4n) is 6.57. The second-order valence-electron chi connectivity index (χ2n) is 11.9. The molecule has 0 bridgehead atoms. The molecule has 2 aliphatic heterocycles. The molecule has 5 rings (SSSR count). The zero-order valence-electron chi connectivity index (χ0n) is 28.1. The Labute approximate surface area is 261 Å². The molecular weight excluding hydrogens is 564 g/mol. The Morgan fingerprint density at radius 1 is 0.953 bits per heavy atom. The summed E-state index contributed by atoms with van der Waals surface area (Å²) in [4.78, 5) is 2.28. The molecule has 7 nitrogen and oxygen atoms in total. The molecule has 0 atom stereocenters. The standard InChI is InChI=1S/C35H43N2O.ClHO4/c1-8-36-29-19-12-10-17-27(29)34(3,4)31(36)23-21-25-15-14-16-26(33(25)38-7)22-24-32-35(5,6)28-18-11-13-20-30(28)37(32)9-2;2-1(3,4)5/h10-13,17-24H,8-9,14-16H2,1-7H3;(H,2,3,4,5)/q+1;/p-1/i23D,24D;. The molecule has 0 spiro atoms. The Hall–Kier alpha value is -3.20. The highest BCUT2D eigenvalue weighted by molar-refractivity contribution is 6.03. The van der Waals surface area contributed by atoms with Crippen molar-refractivity contribution in [3.63, 3.8) is 0 Å². The van der Waals surface area contributed by atoms with E-state index in [1.807, 2.05) is 12.2 Å². The third-order valence-electron chi connectivity index (χ3n) is 8.54. The van der Waals surface area contributed by atoms with Crippen molar-refractivity contribution in [1.29, 1.82) is 0 Å². The minimum atomic E-state index is -4.94. The fraction of sp³-hybridized carbons (Fsp3) is 0.400. The second kappa shape index (κ2) is 12.8. The molecule has 0 N–H and O–H groups in total. The molecule has 230 valence electrons. The van der Waals surface area contributed by atoms with Gasteiger partial charge in [-0.25, -0.2) is 18.6 Å². The van der Waals surface area contributed by atoms with Gasteiger partial charge in [0.15, 0.2) is 5.71 Å². The summed E-state index contributed by atoms with van der Waals surface area (Å²) in [6.07, 6.45) is 6.72. The zero-order valence-corrected chi connectivity index (χ0v) is 26.9. The Bertz CT molecular complexity index is 1610. The van der Waals surface area contributed by atoms with E-state index in [1.165, 1.54) is 22.5 Å². The third kappa shape index (κ3) is 6.66. The van der Waals surface area contributed by atoms with E-state index in [-0.39, 0.29) is 10.8 Å². The molecule has 0 amide bonds. The molecule has 0 fully saturated rings. The molecule has 3 aliphatic rings. The van der Waals surface area contributed by atoms with Gasteiger partial charge in [0.05, 0.1) is 15.3 Å². The van der Waals surface area contributed by atoms with E-state index in [0.29, 0.717) is 12.1 Å². The summed E-state index contributed by atoms with van der Waals surface area (Å²) in [6.45, 7) is 14.8. The lowest BCUT2D eigenvalue weighted by Crippen LogP contribution is -2.68. The maximum Gasteiger partial charge on any atom is 0.209 e. The Morgan fingerprint density at radius 2 is 1.58 bits per heavy atom. The van der Waals surface area contributed by atoms with Gasteiger partial charge in [-0.2, -0.15) is 4.58 Å². The SMILES string of the molecule is [2H]/C(=C\C1=C(OC)C(=C/C([2H])=C2/N(CC)c3ccccc3C2(C)C)/CCC1)C1=[N+](CC)c2ccccc2C1(C)C.[O-][Cl+3]([O-])([O-])[O-]. The monoisotopic (exact) mass is 608 g/mol. The number of anilines is 1. The van der Waals surface area contributed by atoms with Crippen molar-refractivity contribution >= 4 is 17.1 Å². The van der Waals surface area contributed by atoms with Crippen LogP contribution in [0.1, 0.15) is 74.7 Å². The van der Waals surface area contributed by atoms with Crippen LogP contribution in [0.3, 0.4) is 0 Å². The smallest absolute Gasteiger partial charge is 0.209 e. The number of fused-ring (bicyclic) bond motifs is 2. The number of allylic oxidation sites excluding steroid dienone is 7. The number of hydrogen-bond acceptors (Lipinski definition) is 6. The first-order valence-corrected chi connectivity index (χ1v) is 15.9. The molecule has 8 heteroatoms. The lowest BCUT2D eigenvalue weighted by molar-refractivity contribution is -2.00. The predicted octanol–water partition coefficient (Wildman–Crippen LogP) is 3.60. The first-order valence-electron chi connectivity index (χ1n) is 15.7. The van der Waals surface area contributed by atoms with Crippen LogP contribution in [0.2, 0.25) is 0 Å². The Kier molecular flexibility index (Phi) is 8.89. The van der Waals surface area contributed by atoms with Gasteiger partial charge in [-0.05, 0) is 81.9 Å². The molecule has 0 saturated carbocycles. The van der Waals surface area contributed by atoms with Gasteiger partial charge in [-0.15, -0.1) is 10.2 Å². The lowest BCUT2D eigenvalue weighted by atomic mass is 9.81. The number of ether oxygens (including phenoxy) is 1. The maximum atomic E-state index is 9.28. The van der Waals surface area contributed by atoms with Gasteiger partial charge in [-0.1, -0.05) is 56.3 Å². The highest BCUT2D eigenvalue weighted by Crippen LogP contribution is 2.47. The molecule has 0 saturated heterocycles. The molecule has 43 heavy (non-hydrogen) atoms. The molecular formula is C35H43ClN2O5. The van der Waals surface area contributed by atoms with Gasteiger partial charge in [0, 0.05) is 41.0 Å². The van der Waals surface area contributed by atoms with Crippen molar-refractivity contribution in [3.8, 4) is 0 Å². The molecule has 0 radical (unpaired) electrons. The summed E-state index contributed by atoms with van der Waals surface area (Å²) < 4.78 is 60.8. The number of rotatable bonds is 6. The van der Waals surface area contributed by atoms with Crippen LogP contribution in [0.15, 0.2) is 95.4 Å². The fourth-order valence-corrected chi connectivity index (χ4v) is 6.57. The van der Waals surface area contributed by atoms with Crippen molar-refractivity contribution in [2.45, 2.75) is 71.6 Å². The third-order valence-corrected chi connectivity index (χ3v) is 8.54. The van der Waals surface area contributed by atoms with Gasteiger partial charge < -0.3 is 9.64 Å². The predicted molar refractivity (Wildman–Crippen MR) is 161 cm³/mol. The van der Waals surface area contributed by atoms with Gasteiger partial charge >= 0.3 is 0 Å². The molecule has 1 aliphatic carbocycles. The van der Waals surface area contributed by atoms with Gasteiger partial charge in [0.1, 0.15) is 12.3 Å². The van der Waals surface area contributed by atoms with Crippen LogP contribution in [0.5, 0.6) is 0 Å². The summed E-state index contributed by atoms with van der Waals surface area (Å²) in [6, 6.07) is 18.1. The van der Waals surface area contributed by atoms with Gasteiger partial charge in [0.25, 0.3) is 0 Å². The average molecular weight is 609 g/mol. The maximum absolute atomic E-state index is 9.28. The van der Waals surface area contributed by atoms with Crippen LogP contribution in [0, 0.1) is 10.2 Å². The summed E-state index contributed by atoms with van der Waals surface area (Å²) in [5.41, 5.74) is 8.55. The average Bonchev–Trinajstić information content (AvgIpc) is 3.35. The summed E-state index contributed by atoms with van der Waals surface area (Å²) in [5.74, 6) is 0.815. The molecule has 0 unspecified atom stereocenters. The van der Waals surface area contributed by atoms with Crippen LogP contribution in [-0.4, -0.2) is 30.5 Å². The number of benzene rings is 2. The minimum absolute atomic E-state index is 0.257. The number of nitrogens with zero attached hydrogens (tertiary/aromatic N) is 2.